The number of aromatic amines is 1. The van der Waals surface area contributed by atoms with E-state index in [1.165, 1.54) is 11.1 Å². The van der Waals surface area contributed by atoms with Crippen LogP contribution in [-0.4, -0.2) is 34.3 Å². The molecule has 0 spiro atoms. The molecule has 3 N–H and O–H groups in total. The molecule has 1 aromatic heterocycles. The lowest BCUT2D eigenvalue weighted by molar-refractivity contribution is 0.376. The fourth-order valence-electron chi connectivity index (χ4n) is 2.80. The SMILES string of the molecule is Cc1cccc(-c2nc(N3CCC(C)C(N)C3)n[nH]2)c1C. The Morgan fingerprint density at radius 1 is 1.33 bits per heavy atom. The van der Waals surface area contributed by atoms with Gasteiger partial charge in [0.05, 0.1) is 0 Å². The molecule has 1 aliphatic heterocycles. The lowest BCUT2D eigenvalue weighted by Crippen LogP contribution is -2.48. The summed E-state index contributed by atoms with van der Waals surface area (Å²) in [4.78, 5) is 6.85. The highest BCUT2D eigenvalue weighted by molar-refractivity contribution is 5.62. The molecule has 0 bridgehead atoms. The van der Waals surface area contributed by atoms with Crippen LogP contribution in [0.5, 0.6) is 0 Å². The number of aromatic nitrogens is 3. The van der Waals surface area contributed by atoms with Gasteiger partial charge in [0, 0.05) is 24.7 Å². The molecule has 2 unspecified atom stereocenters. The molecule has 1 aliphatic rings. The molecule has 2 aromatic rings. The quantitative estimate of drug-likeness (QED) is 0.888. The molecule has 3 rings (SSSR count). The van der Waals surface area contributed by atoms with Crippen LogP contribution in [0.3, 0.4) is 0 Å². The maximum atomic E-state index is 6.16. The van der Waals surface area contributed by atoms with Crippen molar-refractivity contribution in [2.45, 2.75) is 33.2 Å². The van der Waals surface area contributed by atoms with Gasteiger partial charge in [-0.2, -0.15) is 4.98 Å². The first-order valence-electron chi connectivity index (χ1n) is 7.56. The van der Waals surface area contributed by atoms with Gasteiger partial charge >= 0.3 is 0 Å². The zero-order valence-electron chi connectivity index (χ0n) is 12.9. The number of H-pyrrole nitrogens is 1. The van der Waals surface area contributed by atoms with Crippen molar-refractivity contribution < 1.29 is 0 Å². The van der Waals surface area contributed by atoms with Crippen LogP contribution in [-0.2, 0) is 0 Å². The van der Waals surface area contributed by atoms with Gasteiger partial charge in [-0.1, -0.05) is 25.1 Å². The monoisotopic (exact) mass is 285 g/mol. The van der Waals surface area contributed by atoms with Gasteiger partial charge in [0.1, 0.15) is 0 Å². The Bertz CT molecular complexity index is 633. The summed E-state index contributed by atoms with van der Waals surface area (Å²) in [7, 11) is 0. The number of piperidine rings is 1. The molecule has 5 heteroatoms. The number of nitrogens with one attached hydrogen (secondary N) is 1. The molecular formula is C16H23N5. The largest absolute Gasteiger partial charge is 0.338 e. The second-order valence-corrected chi connectivity index (χ2v) is 6.11. The van der Waals surface area contributed by atoms with E-state index in [0.29, 0.717) is 5.92 Å². The molecule has 2 heterocycles. The molecule has 21 heavy (non-hydrogen) atoms. The van der Waals surface area contributed by atoms with E-state index in [2.05, 4.69) is 59.1 Å². The van der Waals surface area contributed by atoms with Crippen LogP contribution in [0.15, 0.2) is 18.2 Å². The van der Waals surface area contributed by atoms with Crippen molar-refractivity contribution in [1.29, 1.82) is 0 Å². The van der Waals surface area contributed by atoms with E-state index in [9.17, 15) is 0 Å². The van der Waals surface area contributed by atoms with Crippen LogP contribution in [0, 0.1) is 19.8 Å². The molecule has 112 valence electrons. The Morgan fingerprint density at radius 3 is 2.90 bits per heavy atom. The Labute approximate surface area is 125 Å². The average Bonchev–Trinajstić information content (AvgIpc) is 2.94. The standard InChI is InChI=1S/C16H23N5/c1-10-5-4-6-13(12(10)3)15-18-16(20-19-15)21-8-7-11(2)14(17)9-21/h4-6,11,14H,7-9,17H2,1-3H3,(H,18,19,20). The lowest BCUT2D eigenvalue weighted by atomic mass is 9.95. The summed E-state index contributed by atoms with van der Waals surface area (Å²) >= 11 is 0. The summed E-state index contributed by atoms with van der Waals surface area (Å²) in [5, 5.41) is 7.45. The molecule has 0 saturated carbocycles. The molecule has 1 saturated heterocycles. The maximum absolute atomic E-state index is 6.16. The Hall–Kier alpha value is -1.88. The van der Waals surface area contributed by atoms with E-state index in [-0.39, 0.29) is 6.04 Å². The first-order chi connectivity index (χ1) is 10.1. The summed E-state index contributed by atoms with van der Waals surface area (Å²) in [5.74, 6) is 2.16. The molecule has 1 fully saturated rings. The van der Waals surface area contributed by atoms with Crippen molar-refractivity contribution in [2.24, 2.45) is 11.7 Å². The summed E-state index contributed by atoms with van der Waals surface area (Å²) in [5.41, 5.74) is 9.78. The van der Waals surface area contributed by atoms with Crippen LogP contribution >= 0.6 is 0 Å². The minimum absolute atomic E-state index is 0.196. The van der Waals surface area contributed by atoms with Crippen LogP contribution in [0.1, 0.15) is 24.5 Å². The van der Waals surface area contributed by atoms with Crippen molar-refractivity contribution in [1.82, 2.24) is 15.2 Å². The smallest absolute Gasteiger partial charge is 0.245 e. The molecule has 0 amide bonds. The number of hydrogen-bond acceptors (Lipinski definition) is 4. The van der Waals surface area contributed by atoms with Gasteiger partial charge in [0.2, 0.25) is 5.95 Å². The van der Waals surface area contributed by atoms with E-state index in [4.69, 9.17) is 5.73 Å². The van der Waals surface area contributed by atoms with Gasteiger partial charge in [-0.25, -0.2) is 0 Å². The maximum Gasteiger partial charge on any atom is 0.245 e. The predicted molar refractivity (Wildman–Crippen MR) is 85.3 cm³/mol. The van der Waals surface area contributed by atoms with Gasteiger partial charge in [0.15, 0.2) is 5.82 Å². The van der Waals surface area contributed by atoms with Crippen molar-refractivity contribution in [3.8, 4) is 11.4 Å². The van der Waals surface area contributed by atoms with Crippen molar-refractivity contribution in [3.05, 3.63) is 29.3 Å². The fourth-order valence-corrected chi connectivity index (χ4v) is 2.80. The van der Waals surface area contributed by atoms with E-state index in [1.807, 2.05) is 0 Å². The zero-order valence-corrected chi connectivity index (χ0v) is 12.9. The number of rotatable bonds is 2. The summed E-state index contributed by atoms with van der Waals surface area (Å²) in [6, 6.07) is 6.44. The highest BCUT2D eigenvalue weighted by atomic mass is 15.4. The van der Waals surface area contributed by atoms with Gasteiger partial charge < -0.3 is 10.6 Å². The first kappa shape index (κ1) is 14.1. The minimum Gasteiger partial charge on any atom is -0.338 e. The summed E-state index contributed by atoms with van der Waals surface area (Å²) in [6.07, 6.45) is 1.09. The average molecular weight is 285 g/mol. The van der Waals surface area contributed by atoms with Gasteiger partial charge in [-0.05, 0) is 37.3 Å². The molecule has 1 aromatic carbocycles. The second-order valence-electron chi connectivity index (χ2n) is 6.11. The third-order valence-electron chi connectivity index (χ3n) is 4.63. The van der Waals surface area contributed by atoms with Gasteiger partial charge in [0.25, 0.3) is 0 Å². The van der Waals surface area contributed by atoms with Crippen LogP contribution in [0.4, 0.5) is 5.95 Å². The molecule has 0 radical (unpaired) electrons. The number of benzene rings is 1. The van der Waals surface area contributed by atoms with Crippen LogP contribution < -0.4 is 10.6 Å². The predicted octanol–water partition coefficient (Wildman–Crippen LogP) is 2.26. The van der Waals surface area contributed by atoms with E-state index in [1.54, 1.807) is 0 Å². The normalized spacial score (nSPS) is 22.6. The van der Waals surface area contributed by atoms with E-state index >= 15 is 0 Å². The number of nitrogens with zero attached hydrogens (tertiary/aromatic N) is 3. The summed E-state index contributed by atoms with van der Waals surface area (Å²) < 4.78 is 0. The topological polar surface area (TPSA) is 70.8 Å². The Balaban J connectivity index is 1.85. The highest BCUT2D eigenvalue weighted by Gasteiger charge is 2.25. The number of hydrogen-bond donors (Lipinski definition) is 2. The first-order valence-corrected chi connectivity index (χ1v) is 7.56. The second kappa shape index (κ2) is 5.48. The third-order valence-corrected chi connectivity index (χ3v) is 4.63. The Kier molecular flexibility index (Phi) is 3.68. The van der Waals surface area contributed by atoms with E-state index < -0.39 is 0 Å². The molecule has 2 atom stereocenters. The van der Waals surface area contributed by atoms with Crippen LogP contribution in [0.25, 0.3) is 11.4 Å². The Morgan fingerprint density at radius 2 is 2.14 bits per heavy atom. The summed E-state index contributed by atoms with van der Waals surface area (Å²) in [6.45, 7) is 8.23. The van der Waals surface area contributed by atoms with Gasteiger partial charge in [-0.3, -0.25) is 5.10 Å². The highest BCUT2D eigenvalue weighted by Crippen LogP contribution is 2.25. The molecule has 0 aliphatic carbocycles. The third kappa shape index (κ3) is 2.65. The minimum atomic E-state index is 0.196. The van der Waals surface area contributed by atoms with Gasteiger partial charge in [-0.15, -0.1) is 5.10 Å². The van der Waals surface area contributed by atoms with E-state index in [0.717, 1.165) is 36.8 Å². The fraction of sp³-hybridized carbons (Fsp3) is 0.500. The zero-order chi connectivity index (χ0) is 15.0. The number of nitrogens with two attached hydrogens (primary N) is 1. The molecular weight excluding hydrogens is 262 g/mol. The van der Waals surface area contributed by atoms with Crippen molar-refractivity contribution in [2.75, 3.05) is 18.0 Å². The van der Waals surface area contributed by atoms with Crippen molar-refractivity contribution in [3.63, 3.8) is 0 Å². The number of aryl methyl sites for hydroxylation is 1. The van der Waals surface area contributed by atoms with Crippen LogP contribution in [0.2, 0.25) is 0 Å². The molecule has 5 nitrogen and oxygen atoms in total. The number of anilines is 1. The lowest BCUT2D eigenvalue weighted by Gasteiger charge is -2.34. The van der Waals surface area contributed by atoms with Crippen molar-refractivity contribution >= 4 is 5.95 Å².